The number of nitrogens with zero attached hydrogens (tertiary/aromatic N) is 3. The van der Waals surface area contributed by atoms with E-state index in [1.165, 1.54) is 6.07 Å². The van der Waals surface area contributed by atoms with Gasteiger partial charge in [-0.05, 0) is 20.8 Å². The second-order valence-electron chi connectivity index (χ2n) is 5.70. The van der Waals surface area contributed by atoms with E-state index in [4.69, 9.17) is 4.74 Å². The van der Waals surface area contributed by atoms with Crippen LogP contribution < -0.4 is 15.6 Å². The quantitative estimate of drug-likeness (QED) is 0.864. The lowest BCUT2D eigenvalue weighted by molar-refractivity contribution is 0.401. The molecular weight excluding hydrogens is 256 g/mol. The van der Waals surface area contributed by atoms with Gasteiger partial charge in [0.25, 0.3) is 5.56 Å². The lowest BCUT2D eigenvalue weighted by Gasteiger charge is -2.23. The summed E-state index contributed by atoms with van der Waals surface area (Å²) in [7, 11) is 1.55. The summed E-state index contributed by atoms with van der Waals surface area (Å²) in [5.74, 6) is 1.80. The molecule has 0 radical (unpaired) electrons. The lowest BCUT2D eigenvalue weighted by atomic mass is 10.1. The summed E-state index contributed by atoms with van der Waals surface area (Å²) < 4.78 is 7.40. The molecule has 6 heteroatoms. The SMILES string of the molecule is COc1cc(=O)nc2c3c(n(C(C)(C)C)cc13)N=CN2. The molecule has 0 amide bonds. The van der Waals surface area contributed by atoms with E-state index in [1.54, 1.807) is 13.4 Å². The molecule has 2 aromatic heterocycles. The van der Waals surface area contributed by atoms with Gasteiger partial charge in [-0.15, -0.1) is 0 Å². The van der Waals surface area contributed by atoms with E-state index in [-0.39, 0.29) is 11.1 Å². The minimum Gasteiger partial charge on any atom is -0.496 e. The zero-order valence-electron chi connectivity index (χ0n) is 11.9. The Morgan fingerprint density at radius 1 is 1.35 bits per heavy atom. The third kappa shape index (κ3) is 1.76. The molecule has 1 aliphatic heterocycles. The Morgan fingerprint density at radius 3 is 2.75 bits per heavy atom. The molecule has 0 fully saturated rings. The molecular formula is C14H16N4O2. The molecule has 0 bridgehead atoms. The van der Waals surface area contributed by atoms with E-state index in [1.807, 2.05) is 6.20 Å². The number of ether oxygens (including phenoxy) is 1. The summed E-state index contributed by atoms with van der Waals surface area (Å²) in [6.45, 7) is 6.29. The first-order valence-corrected chi connectivity index (χ1v) is 6.36. The number of anilines is 1. The maximum absolute atomic E-state index is 11.8. The van der Waals surface area contributed by atoms with Crippen molar-refractivity contribution < 1.29 is 4.74 Å². The van der Waals surface area contributed by atoms with Gasteiger partial charge in [-0.3, -0.25) is 4.79 Å². The van der Waals surface area contributed by atoms with Gasteiger partial charge in [0.05, 0.1) is 18.8 Å². The fourth-order valence-corrected chi connectivity index (χ4v) is 2.37. The molecule has 0 aliphatic carbocycles. The first-order valence-electron chi connectivity index (χ1n) is 6.36. The normalized spacial score (nSPS) is 13.4. The summed E-state index contributed by atoms with van der Waals surface area (Å²) in [5.41, 5.74) is -0.478. The van der Waals surface area contributed by atoms with Crippen LogP contribution in [-0.4, -0.2) is 23.0 Å². The Kier molecular flexibility index (Phi) is 2.57. The van der Waals surface area contributed by atoms with Crippen molar-refractivity contribution >= 4 is 28.7 Å². The van der Waals surface area contributed by atoms with E-state index in [9.17, 15) is 4.79 Å². The molecule has 104 valence electrons. The van der Waals surface area contributed by atoms with Gasteiger partial charge in [-0.25, -0.2) is 4.99 Å². The topological polar surface area (TPSA) is 68.5 Å². The number of hydrogen-bond acceptors (Lipinski definition) is 5. The molecule has 0 saturated carbocycles. The number of aromatic nitrogens is 2. The van der Waals surface area contributed by atoms with Gasteiger partial charge in [0.2, 0.25) is 0 Å². The minimum absolute atomic E-state index is 0.135. The zero-order valence-corrected chi connectivity index (χ0v) is 11.9. The van der Waals surface area contributed by atoms with Crippen molar-refractivity contribution in [1.29, 1.82) is 0 Å². The van der Waals surface area contributed by atoms with Crippen molar-refractivity contribution in [2.24, 2.45) is 4.99 Å². The molecule has 0 unspecified atom stereocenters. The fraction of sp³-hybridized carbons (Fsp3) is 0.357. The summed E-state index contributed by atoms with van der Waals surface area (Å²) in [4.78, 5) is 20.2. The standard InChI is InChI=1S/C14H16N4O2/c1-14(2,3)18-6-8-9(20-4)5-10(19)17-12-11(8)13(18)16-7-15-12/h5-7H,1-4H3,(H,15,16,17,19). The number of methoxy groups -OCH3 is 1. The van der Waals surface area contributed by atoms with Crippen molar-refractivity contribution in [3.8, 4) is 5.75 Å². The van der Waals surface area contributed by atoms with E-state index in [0.29, 0.717) is 11.6 Å². The maximum atomic E-state index is 11.8. The summed E-state index contributed by atoms with van der Waals surface area (Å²) in [6, 6.07) is 1.40. The predicted molar refractivity (Wildman–Crippen MR) is 79.3 cm³/mol. The molecule has 0 spiro atoms. The zero-order chi connectivity index (χ0) is 14.5. The lowest BCUT2D eigenvalue weighted by Crippen LogP contribution is -2.20. The van der Waals surface area contributed by atoms with Crippen LogP contribution in [-0.2, 0) is 5.54 Å². The van der Waals surface area contributed by atoms with Crippen molar-refractivity contribution in [2.45, 2.75) is 26.3 Å². The fourth-order valence-electron chi connectivity index (χ4n) is 2.37. The van der Waals surface area contributed by atoms with Crippen LogP contribution in [0.2, 0.25) is 0 Å². The van der Waals surface area contributed by atoms with E-state index >= 15 is 0 Å². The van der Waals surface area contributed by atoms with Gasteiger partial charge in [0.1, 0.15) is 17.4 Å². The van der Waals surface area contributed by atoms with Crippen LogP contribution in [0.1, 0.15) is 20.8 Å². The summed E-state index contributed by atoms with van der Waals surface area (Å²) in [5, 5.41) is 4.56. The van der Waals surface area contributed by atoms with Gasteiger partial charge >= 0.3 is 0 Å². The second-order valence-corrected chi connectivity index (χ2v) is 5.70. The summed E-state index contributed by atoms with van der Waals surface area (Å²) >= 11 is 0. The van der Waals surface area contributed by atoms with Crippen molar-refractivity contribution in [3.05, 3.63) is 22.6 Å². The largest absolute Gasteiger partial charge is 0.496 e. The predicted octanol–water partition coefficient (Wildman–Crippen LogP) is 2.25. The van der Waals surface area contributed by atoms with Crippen LogP contribution in [0.3, 0.4) is 0 Å². The molecule has 1 aliphatic rings. The van der Waals surface area contributed by atoms with Crippen molar-refractivity contribution in [2.75, 3.05) is 12.4 Å². The van der Waals surface area contributed by atoms with Crippen LogP contribution in [0.25, 0.3) is 10.8 Å². The molecule has 1 N–H and O–H groups in total. The average molecular weight is 272 g/mol. The van der Waals surface area contributed by atoms with Gasteiger partial charge in [-0.2, -0.15) is 4.98 Å². The first-order chi connectivity index (χ1) is 9.41. The molecule has 3 rings (SSSR count). The van der Waals surface area contributed by atoms with Gasteiger partial charge in [-0.1, -0.05) is 0 Å². The molecule has 6 nitrogen and oxygen atoms in total. The van der Waals surface area contributed by atoms with Crippen LogP contribution in [0, 0.1) is 0 Å². The van der Waals surface area contributed by atoms with Crippen molar-refractivity contribution in [3.63, 3.8) is 0 Å². The Balaban J connectivity index is 2.53. The van der Waals surface area contributed by atoms with Crippen LogP contribution >= 0.6 is 0 Å². The Bertz CT molecular complexity index is 784. The molecule has 0 saturated heterocycles. The van der Waals surface area contributed by atoms with Gasteiger partial charge in [0, 0.05) is 23.2 Å². The van der Waals surface area contributed by atoms with Gasteiger partial charge in [0.15, 0.2) is 0 Å². The van der Waals surface area contributed by atoms with E-state index in [0.717, 1.165) is 16.6 Å². The number of nitrogens with one attached hydrogen (secondary N) is 1. The Morgan fingerprint density at radius 2 is 2.10 bits per heavy atom. The highest BCUT2D eigenvalue weighted by atomic mass is 16.5. The average Bonchev–Trinajstić information content (AvgIpc) is 2.69. The Labute approximate surface area is 116 Å². The monoisotopic (exact) mass is 272 g/mol. The second kappa shape index (κ2) is 4.06. The number of hydrogen-bond donors (Lipinski definition) is 1. The van der Waals surface area contributed by atoms with Crippen LogP contribution in [0.5, 0.6) is 5.75 Å². The highest BCUT2D eigenvalue weighted by molar-refractivity contribution is 6.08. The number of aliphatic imine (C=N–C) groups is 1. The first kappa shape index (κ1) is 12.7. The van der Waals surface area contributed by atoms with Crippen LogP contribution in [0.15, 0.2) is 22.1 Å². The highest BCUT2D eigenvalue weighted by Crippen LogP contribution is 2.40. The van der Waals surface area contributed by atoms with E-state index < -0.39 is 0 Å². The molecule has 3 heterocycles. The maximum Gasteiger partial charge on any atom is 0.275 e. The highest BCUT2D eigenvalue weighted by Gasteiger charge is 2.24. The van der Waals surface area contributed by atoms with Crippen molar-refractivity contribution in [1.82, 2.24) is 9.55 Å². The molecule has 0 aromatic carbocycles. The minimum atomic E-state index is -0.343. The smallest absolute Gasteiger partial charge is 0.275 e. The molecule has 2 aromatic rings. The third-order valence-electron chi connectivity index (χ3n) is 3.29. The van der Waals surface area contributed by atoms with E-state index in [2.05, 4.69) is 40.6 Å². The van der Waals surface area contributed by atoms with Crippen LogP contribution in [0.4, 0.5) is 11.6 Å². The Hall–Kier alpha value is -2.37. The molecule has 0 atom stereocenters. The van der Waals surface area contributed by atoms with Gasteiger partial charge < -0.3 is 14.6 Å². The third-order valence-corrected chi connectivity index (χ3v) is 3.29. The number of rotatable bonds is 1. The summed E-state index contributed by atoms with van der Waals surface area (Å²) in [6.07, 6.45) is 3.51. The molecule has 20 heavy (non-hydrogen) atoms.